The average Bonchev–Trinajstić information content (AvgIpc) is 2.45. The van der Waals surface area contributed by atoms with Crippen molar-refractivity contribution in [1.29, 1.82) is 0 Å². The molecular formula is C18H24N2. The molecule has 1 fully saturated rings. The quantitative estimate of drug-likeness (QED) is 0.881. The van der Waals surface area contributed by atoms with Crippen LogP contribution in [0.2, 0.25) is 0 Å². The molecule has 0 bridgehead atoms. The van der Waals surface area contributed by atoms with Crippen LogP contribution in [0, 0.1) is 17.8 Å². The first-order valence-electron chi connectivity index (χ1n) is 7.74. The molecule has 3 rings (SSSR count). The van der Waals surface area contributed by atoms with Gasteiger partial charge in [0.25, 0.3) is 0 Å². The van der Waals surface area contributed by atoms with Crippen molar-refractivity contribution in [2.45, 2.75) is 39.2 Å². The van der Waals surface area contributed by atoms with Crippen LogP contribution in [0.3, 0.4) is 0 Å². The van der Waals surface area contributed by atoms with Crippen LogP contribution in [0.15, 0.2) is 36.5 Å². The Balaban J connectivity index is 1.94. The number of para-hydroxylation sites is 1. The van der Waals surface area contributed by atoms with Gasteiger partial charge in [-0.3, -0.25) is 4.98 Å². The van der Waals surface area contributed by atoms with Gasteiger partial charge in [-0.05, 0) is 54.7 Å². The summed E-state index contributed by atoms with van der Waals surface area (Å²) in [6, 6.07) is 10.6. The second-order valence-electron chi connectivity index (χ2n) is 6.62. The van der Waals surface area contributed by atoms with Gasteiger partial charge in [-0.1, -0.05) is 32.0 Å². The molecule has 0 spiro atoms. The molecule has 1 heterocycles. The number of pyridine rings is 1. The number of nitrogens with zero attached hydrogens (tertiary/aromatic N) is 1. The fraction of sp³-hybridized carbons (Fsp3) is 0.500. The van der Waals surface area contributed by atoms with E-state index < -0.39 is 0 Å². The molecule has 2 nitrogen and oxygen atoms in total. The molecule has 1 saturated carbocycles. The van der Waals surface area contributed by atoms with Crippen molar-refractivity contribution in [2.24, 2.45) is 23.5 Å². The summed E-state index contributed by atoms with van der Waals surface area (Å²) in [7, 11) is 0. The SMILES string of the molecule is CC1CC(C)CC(C(N)c2ccnc3ccccc23)C1. The zero-order valence-corrected chi connectivity index (χ0v) is 12.4. The number of aromatic nitrogens is 1. The van der Waals surface area contributed by atoms with Gasteiger partial charge < -0.3 is 5.73 Å². The van der Waals surface area contributed by atoms with E-state index >= 15 is 0 Å². The first-order valence-corrected chi connectivity index (χ1v) is 7.74. The van der Waals surface area contributed by atoms with E-state index in [1.54, 1.807) is 0 Å². The molecule has 0 saturated heterocycles. The molecule has 0 aliphatic heterocycles. The van der Waals surface area contributed by atoms with Crippen molar-refractivity contribution in [1.82, 2.24) is 4.98 Å². The van der Waals surface area contributed by atoms with Crippen LogP contribution in [0.1, 0.15) is 44.7 Å². The van der Waals surface area contributed by atoms with Gasteiger partial charge in [0.1, 0.15) is 0 Å². The van der Waals surface area contributed by atoms with Gasteiger partial charge in [-0.25, -0.2) is 0 Å². The third-order valence-corrected chi connectivity index (χ3v) is 4.76. The maximum absolute atomic E-state index is 6.63. The number of benzene rings is 1. The summed E-state index contributed by atoms with van der Waals surface area (Å²) >= 11 is 0. The Labute approximate surface area is 121 Å². The van der Waals surface area contributed by atoms with Gasteiger partial charge in [0.15, 0.2) is 0 Å². The zero-order chi connectivity index (χ0) is 14.1. The summed E-state index contributed by atoms with van der Waals surface area (Å²) in [5.74, 6) is 2.19. The van der Waals surface area contributed by atoms with Gasteiger partial charge in [0, 0.05) is 17.6 Å². The van der Waals surface area contributed by atoms with Crippen molar-refractivity contribution in [2.75, 3.05) is 0 Å². The van der Waals surface area contributed by atoms with Gasteiger partial charge in [0.05, 0.1) is 5.52 Å². The van der Waals surface area contributed by atoms with E-state index in [-0.39, 0.29) is 6.04 Å². The van der Waals surface area contributed by atoms with Gasteiger partial charge in [-0.2, -0.15) is 0 Å². The van der Waals surface area contributed by atoms with Crippen LogP contribution in [0.5, 0.6) is 0 Å². The summed E-state index contributed by atoms with van der Waals surface area (Å²) in [6.45, 7) is 4.72. The predicted molar refractivity (Wildman–Crippen MR) is 84.3 cm³/mol. The number of hydrogen-bond donors (Lipinski definition) is 1. The van der Waals surface area contributed by atoms with Crippen LogP contribution >= 0.6 is 0 Å². The Morgan fingerprint density at radius 3 is 2.50 bits per heavy atom. The maximum atomic E-state index is 6.63. The fourth-order valence-corrected chi connectivity index (χ4v) is 3.97. The molecule has 0 amide bonds. The van der Waals surface area contributed by atoms with Crippen molar-refractivity contribution in [3.05, 3.63) is 42.1 Å². The summed E-state index contributed by atoms with van der Waals surface area (Å²) < 4.78 is 0. The predicted octanol–water partition coefficient (Wildman–Crippen LogP) is 4.31. The van der Waals surface area contributed by atoms with Crippen LogP contribution < -0.4 is 5.73 Å². The zero-order valence-electron chi connectivity index (χ0n) is 12.4. The smallest absolute Gasteiger partial charge is 0.0705 e. The molecular weight excluding hydrogens is 244 g/mol. The average molecular weight is 268 g/mol. The van der Waals surface area contributed by atoms with Gasteiger partial charge >= 0.3 is 0 Å². The molecule has 2 heteroatoms. The van der Waals surface area contributed by atoms with Gasteiger partial charge in [0.2, 0.25) is 0 Å². The van der Waals surface area contributed by atoms with Crippen molar-refractivity contribution in [3.63, 3.8) is 0 Å². The van der Waals surface area contributed by atoms with Crippen molar-refractivity contribution < 1.29 is 0 Å². The molecule has 3 unspecified atom stereocenters. The number of rotatable bonds is 2. The Kier molecular flexibility index (Phi) is 3.75. The van der Waals surface area contributed by atoms with Crippen molar-refractivity contribution in [3.8, 4) is 0 Å². The maximum Gasteiger partial charge on any atom is 0.0705 e. The molecule has 1 aliphatic rings. The largest absolute Gasteiger partial charge is 0.324 e. The molecule has 1 aromatic heterocycles. The fourth-order valence-electron chi connectivity index (χ4n) is 3.97. The molecule has 20 heavy (non-hydrogen) atoms. The number of nitrogens with two attached hydrogens (primary N) is 1. The second kappa shape index (κ2) is 5.53. The van der Waals surface area contributed by atoms with E-state index in [1.807, 2.05) is 12.3 Å². The third-order valence-electron chi connectivity index (χ3n) is 4.76. The van der Waals surface area contributed by atoms with E-state index in [0.29, 0.717) is 5.92 Å². The standard InChI is InChI=1S/C18H24N2/c1-12-9-13(2)11-14(10-12)18(19)16-7-8-20-17-6-4-3-5-15(16)17/h3-8,12-14,18H,9-11,19H2,1-2H3. The lowest BCUT2D eigenvalue weighted by Crippen LogP contribution is -2.29. The Morgan fingerprint density at radius 2 is 1.75 bits per heavy atom. The van der Waals surface area contributed by atoms with E-state index in [0.717, 1.165) is 17.4 Å². The first-order chi connectivity index (χ1) is 9.65. The first kappa shape index (κ1) is 13.6. The summed E-state index contributed by atoms with van der Waals surface area (Å²) in [5.41, 5.74) is 8.95. The molecule has 3 atom stereocenters. The monoisotopic (exact) mass is 268 g/mol. The second-order valence-corrected chi connectivity index (χ2v) is 6.62. The van der Waals surface area contributed by atoms with Crippen LogP contribution in [0.25, 0.3) is 10.9 Å². The molecule has 2 aromatic rings. The van der Waals surface area contributed by atoms with Crippen LogP contribution in [0.4, 0.5) is 0 Å². The Hall–Kier alpha value is -1.41. The molecule has 1 aliphatic carbocycles. The highest BCUT2D eigenvalue weighted by molar-refractivity contribution is 5.82. The lowest BCUT2D eigenvalue weighted by atomic mass is 9.72. The summed E-state index contributed by atoms with van der Waals surface area (Å²) in [4.78, 5) is 4.44. The van der Waals surface area contributed by atoms with E-state index in [9.17, 15) is 0 Å². The number of fused-ring (bicyclic) bond motifs is 1. The molecule has 1 aromatic carbocycles. The lowest BCUT2D eigenvalue weighted by Gasteiger charge is -2.35. The molecule has 106 valence electrons. The highest BCUT2D eigenvalue weighted by Gasteiger charge is 2.29. The van der Waals surface area contributed by atoms with E-state index in [2.05, 4.69) is 43.1 Å². The lowest BCUT2D eigenvalue weighted by molar-refractivity contribution is 0.194. The van der Waals surface area contributed by atoms with E-state index in [1.165, 1.54) is 30.2 Å². The summed E-state index contributed by atoms with van der Waals surface area (Å²) in [5, 5.41) is 1.22. The van der Waals surface area contributed by atoms with Crippen molar-refractivity contribution >= 4 is 10.9 Å². The highest BCUT2D eigenvalue weighted by Crippen LogP contribution is 2.39. The Morgan fingerprint density at radius 1 is 1.05 bits per heavy atom. The van der Waals surface area contributed by atoms with Crippen LogP contribution in [-0.2, 0) is 0 Å². The highest BCUT2D eigenvalue weighted by atomic mass is 14.7. The van der Waals surface area contributed by atoms with Gasteiger partial charge in [-0.15, -0.1) is 0 Å². The third kappa shape index (κ3) is 2.57. The van der Waals surface area contributed by atoms with E-state index in [4.69, 9.17) is 5.73 Å². The minimum atomic E-state index is 0.132. The summed E-state index contributed by atoms with van der Waals surface area (Å²) in [6.07, 6.45) is 5.75. The normalized spacial score (nSPS) is 28.4. The molecule has 0 radical (unpaired) electrons. The minimum absolute atomic E-state index is 0.132. The number of hydrogen-bond acceptors (Lipinski definition) is 2. The minimum Gasteiger partial charge on any atom is -0.324 e. The van der Waals surface area contributed by atoms with Crippen LogP contribution in [-0.4, -0.2) is 4.98 Å². The Bertz CT molecular complexity index is 577. The molecule has 2 N–H and O–H groups in total. The topological polar surface area (TPSA) is 38.9 Å².